The minimum atomic E-state index is -4.22. The number of benzene rings is 1. The number of alkyl halides is 3. The summed E-state index contributed by atoms with van der Waals surface area (Å²) in [6, 6.07) is 5.21. The Hall–Kier alpha value is -0.970. The van der Waals surface area contributed by atoms with E-state index in [4.69, 9.17) is 0 Å². The summed E-state index contributed by atoms with van der Waals surface area (Å²) in [5.74, 6) is 0. The molecular weight excluding hydrogens is 213 g/mol. The van der Waals surface area contributed by atoms with Crippen molar-refractivity contribution in [2.45, 2.75) is 12.6 Å². The summed E-state index contributed by atoms with van der Waals surface area (Å²) < 4.78 is 35.8. The van der Waals surface area contributed by atoms with Crippen LogP contribution in [0.1, 0.15) is 15.9 Å². The lowest BCUT2D eigenvalue weighted by Gasteiger charge is -2.05. The van der Waals surface area contributed by atoms with Crippen molar-refractivity contribution in [2.75, 3.05) is 0 Å². The normalized spacial score (nSPS) is 11.4. The minimum absolute atomic E-state index is 0.135. The first-order valence-corrected chi connectivity index (χ1v) is 4.22. The molecule has 14 heavy (non-hydrogen) atoms. The fourth-order valence-electron chi connectivity index (χ4n) is 0.997. The highest BCUT2D eigenvalue weighted by Gasteiger charge is 2.27. The van der Waals surface area contributed by atoms with Gasteiger partial charge in [-0.25, -0.2) is 0 Å². The van der Waals surface area contributed by atoms with Crippen LogP contribution in [-0.2, 0) is 6.42 Å². The molecule has 0 fully saturated rings. The Labute approximate surface area is 84.3 Å². The van der Waals surface area contributed by atoms with Crippen molar-refractivity contribution >= 4 is 17.7 Å². The predicted octanol–water partition coefficient (Wildman–Crippen LogP) is 2.86. The van der Waals surface area contributed by atoms with Crippen LogP contribution in [0.4, 0.5) is 13.2 Å². The largest absolute Gasteiger partial charge is 0.393 e. The predicted molar refractivity (Wildman–Crippen MR) is 49.5 cm³/mol. The van der Waals surface area contributed by atoms with E-state index in [-0.39, 0.29) is 5.56 Å². The van der Waals surface area contributed by atoms with E-state index in [0.717, 1.165) is 0 Å². The Kier molecular flexibility index (Phi) is 3.21. The molecule has 0 aliphatic carbocycles. The Morgan fingerprint density at radius 1 is 1.21 bits per heavy atom. The van der Waals surface area contributed by atoms with Gasteiger partial charge in [0.1, 0.15) is 0 Å². The molecule has 0 unspecified atom stereocenters. The van der Waals surface area contributed by atoms with Gasteiger partial charge in [-0.1, -0.05) is 24.3 Å². The molecule has 1 aromatic carbocycles. The Balaban J connectivity index is 2.79. The van der Waals surface area contributed by atoms with Gasteiger partial charge in [-0.05, 0) is 5.56 Å². The smallest absolute Gasteiger partial charge is 0.282 e. The van der Waals surface area contributed by atoms with Crippen molar-refractivity contribution < 1.29 is 18.0 Å². The Morgan fingerprint density at radius 3 is 2.07 bits per heavy atom. The van der Waals surface area contributed by atoms with E-state index < -0.39 is 17.7 Å². The van der Waals surface area contributed by atoms with Crippen LogP contribution in [0.2, 0.25) is 0 Å². The van der Waals surface area contributed by atoms with Crippen molar-refractivity contribution in [1.29, 1.82) is 0 Å². The molecule has 0 aliphatic heterocycles. The van der Waals surface area contributed by atoms with Gasteiger partial charge in [-0.3, -0.25) is 4.79 Å². The van der Waals surface area contributed by atoms with Gasteiger partial charge in [0.15, 0.2) is 0 Å². The van der Waals surface area contributed by atoms with Crippen LogP contribution >= 0.6 is 12.6 Å². The molecule has 1 aromatic rings. The minimum Gasteiger partial charge on any atom is -0.282 e. The molecule has 0 aromatic heterocycles. The molecule has 1 nitrogen and oxygen atoms in total. The number of hydrogen-bond donors (Lipinski definition) is 1. The van der Waals surface area contributed by atoms with Crippen LogP contribution in [0.5, 0.6) is 0 Å². The molecule has 0 spiro atoms. The molecular formula is C9H7F3OS. The molecule has 1 rings (SSSR count). The summed E-state index contributed by atoms with van der Waals surface area (Å²) >= 11 is 3.55. The van der Waals surface area contributed by atoms with Crippen LogP contribution < -0.4 is 0 Å². The van der Waals surface area contributed by atoms with E-state index in [9.17, 15) is 18.0 Å². The van der Waals surface area contributed by atoms with E-state index in [1.807, 2.05) is 0 Å². The summed E-state index contributed by atoms with van der Waals surface area (Å²) in [5.41, 5.74) is 0.426. The topological polar surface area (TPSA) is 17.1 Å². The summed E-state index contributed by atoms with van der Waals surface area (Å²) in [7, 11) is 0. The van der Waals surface area contributed by atoms with Gasteiger partial charge in [0.25, 0.3) is 0 Å². The Bertz CT molecular complexity index is 329. The van der Waals surface area contributed by atoms with Crippen molar-refractivity contribution in [3.05, 3.63) is 35.4 Å². The fraction of sp³-hybridized carbons (Fsp3) is 0.222. The standard InChI is InChI=1S/C9H7F3OS/c10-9(11,12)5-6-1-3-7(4-2-6)8(13)14/h1-4H,5H2,(H,13,14). The quantitative estimate of drug-likeness (QED) is 0.758. The van der Waals surface area contributed by atoms with E-state index in [2.05, 4.69) is 12.6 Å². The van der Waals surface area contributed by atoms with E-state index in [1.54, 1.807) is 0 Å². The van der Waals surface area contributed by atoms with Crippen LogP contribution in [0.3, 0.4) is 0 Å². The van der Waals surface area contributed by atoms with Gasteiger partial charge < -0.3 is 0 Å². The van der Waals surface area contributed by atoms with Crippen LogP contribution in [0.15, 0.2) is 24.3 Å². The molecule has 0 amide bonds. The lowest BCUT2D eigenvalue weighted by Crippen LogP contribution is -2.11. The molecule has 0 N–H and O–H groups in total. The lowest BCUT2D eigenvalue weighted by molar-refractivity contribution is -0.127. The lowest BCUT2D eigenvalue weighted by atomic mass is 10.1. The van der Waals surface area contributed by atoms with Crippen LogP contribution in [0, 0.1) is 0 Å². The van der Waals surface area contributed by atoms with Crippen molar-refractivity contribution in [3.63, 3.8) is 0 Å². The average Bonchev–Trinajstić information content (AvgIpc) is 2.02. The van der Waals surface area contributed by atoms with Crippen LogP contribution in [-0.4, -0.2) is 11.3 Å². The zero-order chi connectivity index (χ0) is 10.8. The molecule has 0 heterocycles. The van der Waals surface area contributed by atoms with Gasteiger partial charge in [-0.15, -0.1) is 12.6 Å². The first-order valence-electron chi connectivity index (χ1n) is 3.77. The summed E-state index contributed by atoms with van der Waals surface area (Å²) in [6.45, 7) is 0. The third-order valence-corrected chi connectivity index (χ3v) is 1.86. The first kappa shape index (κ1) is 11.1. The highest BCUT2D eigenvalue weighted by Crippen LogP contribution is 2.21. The number of carbonyl (C=O) groups excluding carboxylic acids is 1. The highest BCUT2D eigenvalue weighted by molar-refractivity contribution is 7.97. The Morgan fingerprint density at radius 2 is 1.71 bits per heavy atom. The molecule has 0 bridgehead atoms. The maximum Gasteiger partial charge on any atom is 0.393 e. The maximum atomic E-state index is 11.9. The summed E-state index contributed by atoms with van der Waals surface area (Å²) in [6.07, 6.45) is -5.19. The molecule has 0 saturated heterocycles. The molecule has 76 valence electrons. The first-order chi connectivity index (χ1) is 6.38. The zero-order valence-electron chi connectivity index (χ0n) is 7.01. The number of halogens is 3. The maximum absolute atomic E-state index is 11.9. The summed E-state index contributed by atoms with van der Waals surface area (Å²) in [5, 5.41) is -0.455. The second kappa shape index (κ2) is 4.04. The van der Waals surface area contributed by atoms with Crippen molar-refractivity contribution in [1.82, 2.24) is 0 Å². The number of thiol groups is 1. The van der Waals surface area contributed by atoms with Gasteiger partial charge in [0, 0.05) is 5.56 Å². The number of hydrogen-bond acceptors (Lipinski definition) is 1. The molecule has 0 saturated carbocycles. The third kappa shape index (κ3) is 3.41. The van der Waals surface area contributed by atoms with Crippen molar-refractivity contribution in [2.24, 2.45) is 0 Å². The summed E-state index contributed by atoms with van der Waals surface area (Å²) in [4.78, 5) is 10.7. The van der Waals surface area contributed by atoms with Gasteiger partial charge in [0.2, 0.25) is 5.12 Å². The van der Waals surface area contributed by atoms with E-state index in [1.165, 1.54) is 24.3 Å². The van der Waals surface area contributed by atoms with Gasteiger partial charge in [-0.2, -0.15) is 13.2 Å². The number of rotatable bonds is 2. The second-order valence-corrected chi connectivity index (χ2v) is 3.20. The fourth-order valence-corrected chi connectivity index (χ4v) is 1.15. The van der Waals surface area contributed by atoms with Gasteiger partial charge >= 0.3 is 6.18 Å². The van der Waals surface area contributed by atoms with E-state index in [0.29, 0.717) is 5.56 Å². The SMILES string of the molecule is O=C(S)c1ccc(CC(F)(F)F)cc1. The molecule has 0 atom stereocenters. The number of carbonyl (C=O) groups is 1. The van der Waals surface area contributed by atoms with E-state index >= 15 is 0 Å². The monoisotopic (exact) mass is 220 g/mol. The molecule has 5 heteroatoms. The average molecular weight is 220 g/mol. The second-order valence-electron chi connectivity index (χ2n) is 2.79. The third-order valence-electron chi connectivity index (χ3n) is 1.61. The molecule has 0 aliphatic rings. The highest BCUT2D eigenvalue weighted by atomic mass is 32.1. The molecule has 0 radical (unpaired) electrons. The van der Waals surface area contributed by atoms with Gasteiger partial charge in [0.05, 0.1) is 6.42 Å². The zero-order valence-corrected chi connectivity index (χ0v) is 7.90. The van der Waals surface area contributed by atoms with Crippen molar-refractivity contribution in [3.8, 4) is 0 Å². The van der Waals surface area contributed by atoms with Crippen LogP contribution in [0.25, 0.3) is 0 Å².